The van der Waals surface area contributed by atoms with Gasteiger partial charge in [0.05, 0.1) is 0 Å². The Kier molecular flexibility index (Phi) is 6.17. The van der Waals surface area contributed by atoms with Gasteiger partial charge in [-0.1, -0.05) is 17.7 Å². The summed E-state index contributed by atoms with van der Waals surface area (Å²) in [6.07, 6.45) is 3.90. The quantitative estimate of drug-likeness (QED) is 0.828. The fraction of sp³-hybridized carbons (Fsp3) is 0.500. The number of carbonyl (C=O) groups is 1. The van der Waals surface area contributed by atoms with Gasteiger partial charge in [-0.05, 0) is 58.6 Å². The van der Waals surface area contributed by atoms with Gasteiger partial charge in [-0.3, -0.25) is 4.79 Å². The zero-order valence-electron chi connectivity index (χ0n) is 17.5. The van der Waals surface area contributed by atoms with Gasteiger partial charge in [0.25, 0.3) is 5.91 Å². The maximum atomic E-state index is 12.4. The van der Waals surface area contributed by atoms with Gasteiger partial charge in [0, 0.05) is 43.0 Å². The SMILES string of the molecule is Cc1ccc(C(=O)NC2CCC(Nc3nc(C)c(C)c(N(C)C)n3)CC2)cc1. The van der Waals surface area contributed by atoms with Crippen LogP contribution in [0.2, 0.25) is 0 Å². The summed E-state index contributed by atoms with van der Waals surface area (Å²) in [6, 6.07) is 8.28. The number of benzene rings is 1. The molecular weight excluding hydrogens is 350 g/mol. The van der Waals surface area contributed by atoms with Gasteiger partial charge in [-0.2, -0.15) is 4.98 Å². The number of amides is 1. The van der Waals surface area contributed by atoms with Crippen LogP contribution in [0.3, 0.4) is 0 Å². The van der Waals surface area contributed by atoms with Crippen molar-refractivity contribution in [3.05, 3.63) is 46.6 Å². The second kappa shape index (κ2) is 8.59. The predicted octanol–water partition coefficient (Wildman–Crippen LogP) is 3.62. The Labute approximate surface area is 167 Å². The minimum atomic E-state index is 0.0181. The van der Waals surface area contributed by atoms with Crippen LogP contribution in [0, 0.1) is 20.8 Å². The Balaban J connectivity index is 1.54. The lowest BCUT2D eigenvalue weighted by Crippen LogP contribution is -2.40. The molecule has 1 aliphatic carbocycles. The molecule has 0 atom stereocenters. The Morgan fingerprint density at radius 2 is 1.57 bits per heavy atom. The van der Waals surface area contributed by atoms with E-state index in [0.717, 1.165) is 53.9 Å². The summed E-state index contributed by atoms with van der Waals surface area (Å²) in [5.74, 6) is 1.66. The van der Waals surface area contributed by atoms with E-state index in [1.54, 1.807) is 0 Å². The number of hydrogen-bond acceptors (Lipinski definition) is 5. The molecule has 1 aromatic heterocycles. The molecule has 0 aliphatic heterocycles. The van der Waals surface area contributed by atoms with Crippen molar-refractivity contribution in [1.82, 2.24) is 15.3 Å². The van der Waals surface area contributed by atoms with Crippen LogP contribution in [0.5, 0.6) is 0 Å². The summed E-state index contributed by atoms with van der Waals surface area (Å²) in [7, 11) is 4.00. The number of aryl methyl sites for hydroxylation is 2. The molecule has 1 amide bonds. The van der Waals surface area contributed by atoms with Gasteiger partial charge in [-0.25, -0.2) is 4.98 Å². The third-order valence-electron chi connectivity index (χ3n) is 5.50. The summed E-state index contributed by atoms with van der Waals surface area (Å²) >= 11 is 0. The molecule has 0 bridgehead atoms. The van der Waals surface area contributed by atoms with Crippen LogP contribution in [-0.4, -0.2) is 42.1 Å². The summed E-state index contributed by atoms with van der Waals surface area (Å²) in [6.45, 7) is 6.10. The van der Waals surface area contributed by atoms with Crippen molar-refractivity contribution in [2.24, 2.45) is 0 Å². The first kappa shape index (κ1) is 20.1. The number of nitrogens with zero attached hydrogens (tertiary/aromatic N) is 3. The zero-order valence-corrected chi connectivity index (χ0v) is 17.5. The molecule has 1 aliphatic rings. The van der Waals surface area contributed by atoms with E-state index in [0.29, 0.717) is 12.0 Å². The minimum absolute atomic E-state index is 0.0181. The lowest BCUT2D eigenvalue weighted by Gasteiger charge is -2.30. The molecular formula is C22H31N5O. The Morgan fingerprint density at radius 3 is 2.18 bits per heavy atom. The molecule has 1 fully saturated rings. The third kappa shape index (κ3) is 4.80. The summed E-state index contributed by atoms with van der Waals surface area (Å²) in [4.78, 5) is 23.7. The molecule has 0 radical (unpaired) electrons. The highest BCUT2D eigenvalue weighted by molar-refractivity contribution is 5.94. The van der Waals surface area contributed by atoms with Gasteiger partial charge in [0.15, 0.2) is 0 Å². The van der Waals surface area contributed by atoms with Gasteiger partial charge in [0.1, 0.15) is 5.82 Å². The van der Waals surface area contributed by atoms with Crippen LogP contribution in [0.15, 0.2) is 24.3 Å². The van der Waals surface area contributed by atoms with E-state index >= 15 is 0 Å². The second-order valence-corrected chi connectivity index (χ2v) is 8.01. The number of anilines is 2. The fourth-order valence-corrected chi connectivity index (χ4v) is 3.65. The molecule has 1 heterocycles. The number of hydrogen-bond donors (Lipinski definition) is 2. The molecule has 2 aromatic rings. The lowest BCUT2D eigenvalue weighted by molar-refractivity contribution is 0.0926. The molecule has 3 rings (SSSR count). The first-order chi connectivity index (χ1) is 13.3. The third-order valence-corrected chi connectivity index (χ3v) is 5.50. The summed E-state index contributed by atoms with van der Waals surface area (Å²) < 4.78 is 0. The van der Waals surface area contributed by atoms with Crippen LogP contribution in [-0.2, 0) is 0 Å². The van der Waals surface area contributed by atoms with E-state index in [1.807, 2.05) is 57.1 Å². The van der Waals surface area contributed by atoms with E-state index < -0.39 is 0 Å². The Hall–Kier alpha value is -2.63. The molecule has 0 unspecified atom stereocenters. The van der Waals surface area contributed by atoms with E-state index in [9.17, 15) is 4.79 Å². The van der Waals surface area contributed by atoms with Crippen molar-refractivity contribution in [3.8, 4) is 0 Å². The average Bonchev–Trinajstić information content (AvgIpc) is 2.66. The lowest BCUT2D eigenvalue weighted by atomic mass is 9.91. The van der Waals surface area contributed by atoms with Crippen molar-refractivity contribution in [1.29, 1.82) is 0 Å². The van der Waals surface area contributed by atoms with E-state index in [2.05, 4.69) is 27.5 Å². The van der Waals surface area contributed by atoms with Gasteiger partial charge in [-0.15, -0.1) is 0 Å². The molecule has 2 N–H and O–H groups in total. The summed E-state index contributed by atoms with van der Waals surface area (Å²) in [5, 5.41) is 6.67. The maximum absolute atomic E-state index is 12.4. The second-order valence-electron chi connectivity index (χ2n) is 8.01. The largest absolute Gasteiger partial charge is 0.362 e. The van der Waals surface area contributed by atoms with Crippen molar-refractivity contribution < 1.29 is 4.79 Å². The van der Waals surface area contributed by atoms with Gasteiger partial charge >= 0.3 is 0 Å². The highest BCUT2D eigenvalue weighted by Gasteiger charge is 2.23. The topological polar surface area (TPSA) is 70.2 Å². The van der Waals surface area contributed by atoms with E-state index in [1.165, 1.54) is 0 Å². The smallest absolute Gasteiger partial charge is 0.251 e. The average molecular weight is 382 g/mol. The maximum Gasteiger partial charge on any atom is 0.251 e. The zero-order chi connectivity index (χ0) is 20.3. The normalized spacial score (nSPS) is 19.2. The van der Waals surface area contributed by atoms with Crippen LogP contribution in [0.1, 0.15) is 52.9 Å². The standard InChI is InChI=1S/C22H31N5O/c1-14-6-8-17(9-7-14)21(28)24-18-10-12-19(13-11-18)25-22-23-16(3)15(2)20(26-22)27(4)5/h6-9,18-19H,10-13H2,1-5H3,(H,24,28)(H,23,25,26). The number of aromatic nitrogens is 2. The number of carbonyl (C=O) groups excluding carboxylic acids is 1. The fourth-order valence-electron chi connectivity index (χ4n) is 3.65. The number of rotatable bonds is 5. The molecule has 6 heteroatoms. The van der Waals surface area contributed by atoms with Crippen molar-refractivity contribution >= 4 is 17.7 Å². The molecule has 0 saturated heterocycles. The summed E-state index contributed by atoms with van der Waals surface area (Å²) in [5.41, 5.74) is 4.00. The highest BCUT2D eigenvalue weighted by atomic mass is 16.1. The predicted molar refractivity (Wildman–Crippen MR) is 114 cm³/mol. The van der Waals surface area contributed by atoms with Crippen molar-refractivity contribution in [2.75, 3.05) is 24.3 Å². The van der Waals surface area contributed by atoms with Gasteiger partial charge < -0.3 is 15.5 Å². The molecule has 0 spiro atoms. The van der Waals surface area contributed by atoms with Crippen molar-refractivity contribution in [3.63, 3.8) is 0 Å². The van der Waals surface area contributed by atoms with Crippen LogP contribution in [0.25, 0.3) is 0 Å². The molecule has 1 aromatic carbocycles. The van der Waals surface area contributed by atoms with Crippen LogP contribution < -0.4 is 15.5 Å². The monoisotopic (exact) mass is 381 g/mol. The first-order valence-electron chi connectivity index (χ1n) is 10.00. The van der Waals surface area contributed by atoms with Crippen LogP contribution >= 0.6 is 0 Å². The van der Waals surface area contributed by atoms with Gasteiger partial charge in [0.2, 0.25) is 5.95 Å². The first-order valence-corrected chi connectivity index (χ1v) is 10.00. The Morgan fingerprint density at radius 1 is 0.964 bits per heavy atom. The molecule has 1 saturated carbocycles. The molecule has 150 valence electrons. The van der Waals surface area contributed by atoms with E-state index in [-0.39, 0.29) is 11.9 Å². The highest BCUT2D eigenvalue weighted by Crippen LogP contribution is 2.24. The Bertz CT molecular complexity index is 824. The van der Waals surface area contributed by atoms with Crippen molar-refractivity contribution in [2.45, 2.75) is 58.5 Å². The van der Waals surface area contributed by atoms with Crippen LogP contribution in [0.4, 0.5) is 11.8 Å². The molecule has 28 heavy (non-hydrogen) atoms. The minimum Gasteiger partial charge on any atom is -0.362 e. The number of nitrogens with one attached hydrogen (secondary N) is 2. The van der Waals surface area contributed by atoms with E-state index in [4.69, 9.17) is 0 Å². The molecule has 6 nitrogen and oxygen atoms in total.